The first-order chi connectivity index (χ1) is 10.1. The van der Waals surface area contributed by atoms with Gasteiger partial charge in [0.2, 0.25) is 0 Å². The van der Waals surface area contributed by atoms with Crippen LogP contribution < -0.4 is 10.8 Å². The van der Waals surface area contributed by atoms with Gasteiger partial charge in [-0.3, -0.25) is 10.0 Å². The van der Waals surface area contributed by atoms with E-state index in [1.807, 2.05) is 0 Å². The van der Waals surface area contributed by atoms with Crippen molar-refractivity contribution in [2.45, 2.75) is 18.9 Å². The molecule has 0 saturated carbocycles. The zero-order valence-corrected chi connectivity index (χ0v) is 15.0. The minimum Gasteiger partial charge on any atom is -0.366 e. The van der Waals surface area contributed by atoms with Crippen molar-refractivity contribution in [2.75, 3.05) is 25.5 Å². The highest BCUT2D eigenvalue weighted by atomic mass is 35.5. The van der Waals surface area contributed by atoms with Crippen molar-refractivity contribution in [2.24, 2.45) is 0 Å². The van der Waals surface area contributed by atoms with E-state index < -0.39 is 5.91 Å². The second-order valence-corrected chi connectivity index (χ2v) is 5.54. The Bertz CT molecular complexity index is 535. The van der Waals surface area contributed by atoms with Gasteiger partial charge in [0, 0.05) is 18.3 Å². The summed E-state index contributed by atoms with van der Waals surface area (Å²) < 4.78 is 0. The van der Waals surface area contributed by atoms with Crippen molar-refractivity contribution in [3.05, 3.63) is 28.9 Å². The lowest BCUT2D eigenvalue weighted by Gasteiger charge is -2.30. The van der Waals surface area contributed by atoms with Gasteiger partial charge in [0.05, 0.1) is 5.02 Å². The molecule has 1 saturated heterocycles. The standard InChI is InChI=1S/C14H19ClN4O2.2ClH/c1-19-6-4-11(5-7-19)17-14-12(15)8-10(9-16-14)2-3-13(20)18-21;;/h2-3,8-9,11,21H,4-7H2,1H3,(H,16,17)(H,18,20);2*1H. The third-order valence-electron chi connectivity index (χ3n) is 3.46. The topological polar surface area (TPSA) is 77.5 Å². The number of nitrogens with one attached hydrogen (secondary N) is 2. The lowest BCUT2D eigenvalue weighted by Crippen LogP contribution is -2.36. The lowest BCUT2D eigenvalue weighted by molar-refractivity contribution is -0.124. The molecule has 23 heavy (non-hydrogen) atoms. The van der Waals surface area contributed by atoms with Crippen LogP contribution in [-0.2, 0) is 4.79 Å². The van der Waals surface area contributed by atoms with Crippen LogP contribution in [-0.4, -0.2) is 47.2 Å². The van der Waals surface area contributed by atoms with Crippen LogP contribution in [0.5, 0.6) is 0 Å². The Balaban J connectivity index is 0.00000242. The fourth-order valence-corrected chi connectivity index (χ4v) is 2.43. The molecular weight excluding hydrogens is 363 g/mol. The van der Waals surface area contributed by atoms with Crippen LogP contribution in [0.4, 0.5) is 5.82 Å². The average molecular weight is 384 g/mol. The summed E-state index contributed by atoms with van der Waals surface area (Å²) in [5.41, 5.74) is 2.22. The summed E-state index contributed by atoms with van der Waals surface area (Å²) >= 11 is 6.21. The minimum atomic E-state index is -0.598. The Morgan fingerprint density at radius 3 is 2.65 bits per heavy atom. The number of amides is 1. The number of carbonyl (C=O) groups excluding carboxylic acids is 1. The quantitative estimate of drug-likeness (QED) is 0.423. The van der Waals surface area contributed by atoms with Gasteiger partial charge >= 0.3 is 0 Å². The van der Waals surface area contributed by atoms with Crippen LogP contribution in [0.3, 0.4) is 0 Å². The Morgan fingerprint density at radius 1 is 1.43 bits per heavy atom. The summed E-state index contributed by atoms with van der Waals surface area (Å²) in [5, 5.41) is 12.3. The van der Waals surface area contributed by atoms with Gasteiger partial charge < -0.3 is 10.2 Å². The number of rotatable bonds is 4. The van der Waals surface area contributed by atoms with Crippen molar-refractivity contribution < 1.29 is 10.0 Å². The summed E-state index contributed by atoms with van der Waals surface area (Å²) in [6.45, 7) is 2.12. The number of hydrogen-bond donors (Lipinski definition) is 3. The summed E-state index contributed by atoms with van der Waals surface area (Å²) in [6, 6.07) is 2.11. The molecule has 1 amide bonds. The summed E-state index contributed by atoms with van der Waals surface area (Å²) in [6.07, 6.45) is 6.49. The molecule has 0 aromatic carbocycles. The first-order valence-electron chi connectivity index (χ1n) is 6.81. The molecule has 0 radical (unpaired) electrons. The number of anilines is 1. The molecule has 1 aromatic heterocycles. The van der Waals surface area contributed by atoms with E-state index in [9.17, 15) is 4.79 Å². The number of carbonyl (C=O) groups is 1. The number of likely N-dealkylation sites (tertiary alicyclic amines) is 1. The van der Waals surface area contributed by atoms with Gasteiger partial charge in [0.25, 0.3) is 5.91 Å². The third-order valence-corrected chi connectivity index (χ3v) is 3.75. The van der Waals surface area contributed by atoms with E-state index in [1.54, 1.807) is 12.3 Å². The van der Waals surface area contributed by atoms with Gasteiger partial charge in [-0.25, -0.2) is 10.5 Å². The Kier molecular flexibility index (Phi) is 10.2. The van der Waals surface area contributed by atoms with Gasteiger partial charge in [0.15, 0.2) is 0 Å². The number of hydroxylamine groups is 1. The van der Waals surface area contributed by atoms with Gasteiger partial charge in [-0.2, -0.15) is 0 Å². The molecule has 3 N–H and O–H groups in total. The largest absolute Gasteiger partial charge is 0.366 e. The van der Waals surface area contributed by atoms with E-state index in [1.165, 1.54) is 17.6 Å². The molecule has 2 rings (SSSR count). The number of piperidine rings is 1. The van der Waals surface area contributed by atoms with E-state index in [4.69, 9.17) is 16.8 Å². The van der Waals surface area contributed by atoms with Gasteiger partial charge in [-0.05, 0) is 50.7 Å². The predicted octanol–water partition coefficient (Wildman–Crippen LogP) is 2.60. The van der Waals surface area contributed by atoms with Crippen molar-refractivity contribution in [3.8, 4) is 0 Å². The summed E-state index contributed by atoms with van der Waals surface area (Å²) in [4.78, 5) is 17.5. The normalized spacial score (nSPS) is 15.6. The molecule has 2 heterocycles. The summed E-state index contributed by atoms with van der Waals surface area (Å²) in [5.74, 6) is 0.0645. The zero-order chi connectivity index (χ0) is 15.2. The second-order valence-electron chi connectivity index (χ2n) is 5.13. The summed E-state index contributed by atoms with van der Waals surface area (Å²) in [7, 11) is 2.12. The molecule has 6 nitrogen and oxygen atoms in total. The Morgan fingerprint density at radius 2 is 2.09 bits per heavy atom. The van der Waals surface area contributed by atoms with Gasteiger partial charge in [-0.1, -0.05) is 11.6 Å². The first-order valence-corrected chi connectivity index (χ1v) is 7.19. The first kappa shape index (κ1) is 21.9. The maximum atomic E-state index is 10.9. The van der Waals surface area contributed by atoms with Crippen LogP contribution in [0.15, 0.2) is 18.3 Å². The van der Waals surface area contributed by atoms with Crippen molar-refractivity contribution in [3.63, 3.8) is 0 Å². The number of nitrogens with zero attached hydrogens (tertiary/aromatic N) is 2. The van der Waals surface area contributed by atoms with Crippen molar-refractivity contribution in [1.29, 1.82) is 0 Å². The maximum absolute atomic E-state index is 10.9. The van der Waals surface area contributed by atoms with Crippen molar-refractivity contribution >= 4 is 54.2 Å². The third kappa shape index (κ3) is 6.93. The van der Waals surface area contributed by atoms with E-state index in [2.05, 4.69) is 22.2 Å². The molecule has 0 aliphatic carbocycles. The molecule has 9 heteroatoms. The van der Waals surface area contributed by atoms with E-state index in [-0.39, 0.29) is 24.8 Å². The van der Waals surface area contributed by atoms with Crippen LogP contribution in [0.25, 0.3) is 6.08 Å². The highest BCUT2D eigenvalue weighted by Gasteiger charge is 2.17. The molecule has 0 spiro atoms. The van der Waals surface area contributed by atoms with E-state index in [0.29, 0.717) is 22.4 Å². The smallest absolute Gasteiger partial charge is 0.267 e. The van der Waals surface area contributed by atoms with Crippen LogP contribution in [0, 0.1) is 0 Å². The van der Waals surface area contributed by atoms with Crippen LogP contribution in [0.1, 0.15) is 18.4 Å². The molecule has 0 atom stereocenters. The fourth-order valence-electron chi connectivity index (χ4n) is 2.21. The molecule has 1 aromatic rings. The Hall–Kier alpha value is -1.05. The lowest BCUT2D eigenvalue weighted by atomic mass is 10.1. The highest BCUT2D eigenvalue weighted by Crippen LogP contribution is 2.23. The number of halogens is 3. The highest BCUT2D eigenvalue weighted by molar-refractivity contribution is 6.33. The number of aromatic nitrogens is 1. The van der Waals surface area contributed by atoms with Gasteiger partial charge in [0.1, 0.15) is 5.82 Å². The van der Waals surface area contributed by atoms with Gasteiger partial charge in [-0.15, -0.1) is 24.8 Å². The van der Waals surface area contributed by atoms with E-state index >= 15 is 0 Å². The SMILES string of the molecule is CN1CCC(Nc2ncc(C=CC(=O)NO)cc2Cl)CC1.Cl.Cl. The number of pyridine rings is 1. The molecule has 1 aliphatic rings. The predicted molar refractivity (Wildman–Crippen MR) is 96.8 cm³/mol. The van der Waals surface area contributed by atoms with Crippen molar-refractivity contribution in [1.82, 2.24) is 15.4 Å². The Labute approximate surface area is 153 Å². The molecule has 1 aliphatic heterocycles. The minimum absolute atomic E-state index is 0. The zero-order valence-electron chi connectivity index (χ0n) is 12.7. The molecule has 1 fully saturated rings. The molecule has 0 unspecified atom stereocenters. The number of hydrogen-bond acceptors (Lipinski definition) is 5. The van der Waals surface area contributed by atoms with Crippen LogP contribution in [0.2, 0.25) is 5.02 Å². The van der Waals surface area contributed by atoms with Crippen LogP contribution >= 0.6 is 36.4 Å². The molecular formula is C14H21Cl3N4O2. The second kappa shape index (κ2) is 10.7. The monoisotopic (exact) mass is 382 g/mol. The fraction of sp³-hybridized carbons (Fsp3) is 0.429. The maximum Gasteiger partial charge on any atom is 0.267 e. The molecule has 130 valence electrons. The average Bonchev–Trinajstić information content (AvgIpc) is 2.49. The molecule has 0 bridgehead atoms. The van der Waals surface area contributed by atoms with E-state index in [0.717, 1.165) is 25.9 Å².